The smallest absolute Gasteiger partial charge is 0.352 e. The second-order valence-electron chi connectivity index (χ2n) is 7.45. The van der Waals surface area contributed by atoms with Gasteiger partial charge in [-0.2, -0.15) is 9.61 Å². The number of aromatic nitrogens is 5. The Morgan fingerprint density at radius 3 is 2.30 bits per heavy atom. The quantitative estimate of drug-likeness (QED) is 0.428. The van der Waals surface area contributed by atoms with Crippen LogP contribution in [0.2, 0.25) is 0 Å². The third kappa shape index (κ3) is 3.06. The number of aryl methyl sites for hydroxylation is 1. The highest BCUT2D eigenvalue weighted by Gasteiger charge is 2.24. The lowest BCUT2D eigenvalue weighted by Gasteiger charge is -2.14. The number of nitrogens with one attached hydrogen (secondary N) is 2. The van der Waals surface area contributed by atoms with Gasteiger partial charge in [0, 0.05) is 35.3 Å². The standard InChI is InChI=1S/C23H21N5O5/c1-27-11-14(13-7-5-6-8-15(13)27)18-19(26-28-21(18)24-22(29)25-23(28)30)12-9-16(31-2)20(33-4)17(10-12)32-3/h5-11H,1-4H3,(H2,24,25,29,30). The molecule has 10 heteroatoms. The van der Waals surface area contributed by atoms with E-state index in [1.54, 1.807) is 12.1 Å². The van der Waals surface area contributed by atoms with E-state index < -0.39 is 11.4 Å². The number of benzene rings is 2. The van der Waals surface area contributed by atoms with E-state index in [1.165, 1.54) is 21.3 Å². The summed E-state index contributed by atoms with van der Waals surface area (Å²) >= 11 is 0. The lowest BCUT2D eigenvalue weighted by Crippen LogP contribution is -2.28. The van der Waals surface area contributed by atoms with Crippen molar-refractivity contribution in [1.82, 2.24) is 24.1 Å². The Labute approximate surface area is 187 Å². The SMILES string of the molecule is COc1cc(-c2nn3c(=O)[nH]c(=O)[nH]c3c2-c2cn(C)c3ccccc23)cc(OC)c1OC. The minimum atomic E-state index is -0.645. The summed E-state index contributed by atoms with van der Waals surface area (Å²) < 4.78 is 19.6. The molecule has 3 heterocycles. The van der Waals surface area contributed by atoms with Gasteiger partial charge in [0.25, 0.3) is 0 Å². The molecule has 0 aliphatic rings. The summed E-state index contributed by atoms with van der Waals surface area (Å²) in [6.07, 6.45) is 1.95. The van der Waals surface area contributed by atoms with E-state index in [0.29, 0.717) is 34.1 Å². The molecule has 33 heavy (non-hydrogen) atoms. The number of hydrogen-bond donors (Lipinski definition) is 2. The molecule has 168 valence electrons. The first kappa shape index (κ1) is 20.4. The maximum atomic E-state index is 12.6. The molecule has 0 spiro atoms. The van der Waals surface area contributed by atoms with Crippen LogP contribution in [0.4, 0.5) is 0 Å². The van der Waals surface area contributed by atoms with Crippen LogP contribution in [0.25, 0.3) is 38.9 Å². The number of rotatable bonds is 5. The van der Waals surface area contributed by atoms with E-state index in [0.717, 1.165) is 21.0 Å². The summed E-state index contributed by atoms with van der Waals surface area (Å²) in [5, 5.41) is 5.51. The highest BCUT2D eigenvalue weighted by molar-refractivity contribution is 6.03. The van der Waals surface area contributed by atoms with E-state index in [2.05, 4.69) is 15.1 Å². The number of nitrogens with zero attached hydrogens (tertiary/aromatic N) is 3. The van der Waals surface area contributed by atoms with Crippen molar-refractivity contribution in [2.75, 3.05) is 21.3 Å². The normalized spacial score (nSPS) is 11.3. The molecular weight excluding hydrogens is 426 g/mol. The van der Waals surface area contributed by atoms with Crippen molar-refractivity contribution in [3.63, 3.8) is 0 Å². The molecule has 2 N–H and O–H groups in total. The van der Waals surface area contributed by atoms with Gasteiger partial charge in [0.15, 0.2) is 17.1 Å². The minimum absolute atomic E-state index is 0.281. The second kappa shape index (κ2) is 7.59. The zero-order valence-electron chi connectivity index (χ0n) is 18.4. The summed E-state index contributed by atoms with van der Waals surface area (Å²) in [5.41, 5.74) is 2.52. The fourth-order valence-corrected chi connectivity index (χ4v) is 4.19. The Hall–Kier alpha value is -4.47. The van der Waals surface area contributed by atoms with Crippen molar-refractivity contribution in [1.29, 1.82) is 0 Å². The first-order chi connectivity index (χ1) is 16.0. The molecule has 0 amide bonds. The summed E-state index contributed by atoms with van der Waals surface area (Å²) in [6, 6.07) is 11.4. The van der Waals surface area contributed by atoms with Gasteiger partial charge < -0.3 is 18.8 Å². The van der Waals surface area contributed by atoms with Gasteiger partial charge in [0.05, 0.1) is 26.9 Å². The molecule has 0 saturated heterocycles. The minimum Gasteiger partial charge on any atom is -0.493 e. The topological polar surface area (TPSA) is 116 Å². The third-order valence-corrected chi connectivity index (χ3v) is 5.63. The monoisotopic (exact) mass is 447 g/mol. The van der Waals surface area contributed by atoms with E-state index in [-0.39, 0.29) is 5.65 Å². The van der Waals surface area contributed by atoms with Gasteiger partial charge in [-0.05, 0) is 18.2 Å². The molecule has 0 aliphatic heterocycles. The molecule has 0 radical (unpaired) electrons. The molecule has 0 unspecified atom stereocenters. The van der Waals surface area contributed by atoms with Gasteiger partial charge in [0.1, 0.15) is 5.69 Å². The van der Waals surface area contributed by atoms with Gasteiger partial charge in [-0.15, -0.1) is 0 Å². The Balaban J connectivity index is 1.93. The summed E-state index contributed by atoms with van der Waals surface area (Å²) in [5.74, 6) is 1.32. The molecule has 2 aromatic carbocycles. The van der Waals surface area contributed by atoms with Crippen LogP contribution in [0, 0.1) is 0 Å². The average Bonchev–Trinajstić information content (AvgIpc) is 3.36. The van der Waals surface area contributed by atoms with Crippen LogP contribution >= 0.6 is 0 Å². The van der Waals surface area contributed by atoms with Gasteiger partial charge in [-0.1, -0.05) is 18.2 Å². The van der Waals surface area contributed by atoms with Gasteiger partial charge >= 0.3 is 11.4 Å². The molecule has 3 aromatic heterocycles. The van der Waals surface area contributed by atoms with Crippen molar-refractivity contribution in [3.05, 3.63) is 63.6 Å². The largest absolute Gasteiger partial charge is 0.493 e. The Kier molecular flexibility index (Phi) is 4.70. The molecule has 5 aromatic rings. The van der Waals surface area contributed by atoms with E-state index in [4.69, 9.17) is 14.2 Å². The third-order valence-electron chi connectivity index (χ3n) is 5.63. The number of aromatic amines is 2. The molecule has 0 fully saturated rings. The predicted octanol–water partition coefficient (Wildman–Crippen LogP) is 2.56. The zero-order chi connectivity index (χ0) is 23.3. The molecule has 10 nitrogen and oxygen atoms in total. The van der Waals surface area contributed by atoms with Crippen LogP contribution in [0.15, 0.2) is 52.2 Å². The van der Waals surface area contributed by atoms with Crippen molar-refractivity contribution >= 4 is 16.6 Å². The summed E-state index contributed by atoms with van der Waals surface area (Å²) in [4.78, 5) is 29.7. The fourth-order valence-electron chi connectivity index (χ4n) is 4.19. The van der Waals surface area contributed by atoms with Crippen LogP contribution in [-0.4, -0.2) is 45.5 Å². The number of hydrogen-bond acceptors (Lipinski definition) is 6. The molecular formula is C23H21N5O5. The Morgan fingerprint density at radius 1 is 0.939 bits per heavy atom. The van der Waals surface area contributed by atoms with Crippen LogP contribution in [0.1, 0.15) is 0 Å². The predicted molar refractivity (Wildman–Crippen MR) is 123 cm³/mol. The van der Waals surface area contributed by atoms with E-state index >= 15 is 0 Å². The molecule has 0 atom stereocenters. The van der Waals surface area contributed by atoms with Crippen molar-refractivity contribution in [2.45, 2.75) is 0 Å². The number of para-hydroxylation sites is 1. The highest BCUT2D eigenvalue weighted by atomic mass is 16.5. The number of ether oxygens (including phenoxy) is 3. The Bertz CT molecular complexity index is 1610. The first-order valence-corrected chi connectivity index (χ1v) is 10.1. The van der Waals surface area contributed by atoms with Gasteiger partial charge in [-0.25, -0.2) is 9.59 Å². The van der Waals surface area contributed by atoms with Crippen LogP contribution in [0.5, 0.6) is 17.2 Å². The molecule has 0 saturated carbocycles. The lowest BCUT2D eigenvalue weighted by atomic mass is 10.00. The number of methoxy groups -OCH3 is 3. The van der Waals surface area contributed by atoms with Crippen molar-refractivity contribution in [3.8, 4) is 39.6 Å². The zero-order valence-corrected chi connectivity index (χ0v) is 18.4. The maximum Gasteiger partial charge on any atom is 0.352 e. The highest BCUT2D eigenvalue weighted by Crippen LogP contribution is 2.44. The Morgan fingerprint density at radius 2 is 1.64 bits per heavy atom. The van der Waals surface area contributed by atoms with E-state index in [9.17, 15) is 9.59 Å². The van der Waals surface area contributed by atoms with E-state index in [1.807, 2.05) is 42.1 Å². The van der Waals surface area contributed by atoms with Crippen molar-refractivity contribution in [2.24, 2.45) is 7.05 Å². The molecule has 5 rings (SSSR count). The molecule has 0 aliphatic carbocycles. The van der Waals surface area contributed by atoms with Gasteiger partial charge in [-0.3, -0.25) is 9.97 Å². The summed E-state index contributed by atoms with van der Waals surface area (Å²) in [7, 11) is 6.51. The fraction of sp³-hybridized carbons (Fsp3) is 0.174. The lowest BCUT2D eigenvalue weighted by molar-refractivity contribution is 0.324. The average molecular weight is 447 g/mol. The van der Waals surface area contributed by atoms with Crippen LogP contribution < -0.4 is 25.6 Å². The molecule has 0 bridgehead atoms. The number of fused-ring (bicyclic) bond motifs is 2. The van der Waals surface area contributed by atoms with Crippen LogP contribution in [0.3, 0.4) is 0 Å². The second-order valence-corrected chi connectivity index (χ2v) is 7.45. The first-order valence-electron chi connectivity index (χ1n) is 10.1. The van der Waals surface area contributed by atoms with Crippen LogP contribution in [-0.2, 0) is 7.05 Å². The van der Waals surface area contributed by atoms with Gasteiger partial charge in [0.2, 0.25) is 5.75 Å². The van der Waals surface area contributed by atoms with Crippen molar-refractivity contribution < 1.29 is 14.2 Å². The number of H-pyrrole nitrogens is 2. The summed E-state index contributed by atoms with van der Waals surface area (Å²) in [6.45, 7) is 0. The maximum absolute atomic E-state index is 12.6.